The van der Waals surface area contributed by atoms with E-state index in [-0.39, 0.29) is 5.15 Å². The fourth-order valence-corrected chi connectivity index (χ4v) is 3.01. The van der Waals surface area contributed by atoms with Crippen molar-refractivity contribution in [1.82, 2.24) is 9.88 Å². The average Bonchev–Trinajstić information content (AvgIpc) is 2.89. The Bertz CT molecular complexity index is 433. The molecule has 0 unspecified atom stereocenters. The number of hydrogen-bond acceptors (Lipinski definition) is 3. The molecule has 2 rings (SSSR count). The Morgan fingerprint density at radius 3 is 2.63 bits per heavy atom. The first-order valence-corrected chi connectivity index (χ1v) is 7.67. The van der Waals surface area contributed by atoms with E-state index < -0.39 is 0 Å². The van der Waals surface area contributed by atoms with Gasteiger partial charge in [-0.15, -0.1) is 0 Å². The van der Waals surface area contributed by atoms with Gasteiger partial charge in [0.25, 0.3) is 0 Å². The zero-order valence-corrected chi connectivity index (χ0v) is 13.2. The summed E-state index contributed by atoms with van der Waals surface area (Å²) >= 11 is 17.8. The van der Waals surface area contributed by atoms with E-state index in [1.54, 1.807) is 6.07 Å². The van der Waals surface area contributed by atoms with Crippen molar-refractivity contribution in [3.05, 3.63) is 21.3 Å². The number of nitrogens with one attached hydrogen (secondary N) is 1. The lowest BCUT2D eigenvalue weighted by Crippen LogP contribution is -2.33. The molecule has 1 aromatic heterocycles. The van der Waals surface area contributed by atoms with Gasteiger partial charge in [-0.25, -0.2) is 4.98 Å². The smallest absolute Gasteiger partial charge is 0.150 e. The molecule has 106 valence electrons. The van der Waals surface area contributed by atoms with E-state index in [9.17, 15) is 0 Å². The lowest BCUT2D eigenvalue weighted by Gasteiger charge is -2.24. The number of nitrogens with zero attached hydrogens (tertiary/aromatic N) is 2. The number of rotatable bonds is 5. The Hall–Kier alpha value is -0.220. The van der Waals surface area contributed by atoms with Crippen LogP contribution < -0.4 is 5.32 Å². The maximum Gasteiger partial charge on any atom is 0.150 e. The van der Waals surface area contributed by atoms with Crippen molar-refractivity contribution in [1.29, 1.82) is 0 Å². The molecule has 0 aliphatic heterocycles. The first-order chi connectivity index (χ1) is 9.08. The second-order valence-electron chi connectivity index (χ2n) is 4.94. The first-order valence-electron chi connectivity index (χ1n) is 6.53. The normalized spacial score (nSPS) is 16.3. The summed E-state index contributed by atoms with van der Waals surface area (Å²) in [6.45, 7) is 1.75. The van der Waals surface area contributed by atoms with Crippen LogP contribution in [0.4, 0.5) is 5.82 Å². The van der Waals surface area contributed by atoms with Crippen LogP contribution in [0.15, 0.2) is 6.07 Å². The van der Waals surface area contributed by atoms with Crippen LogP contribution in [-0.2, 0) is 0 Å². The molecule has 1 fully saturated rings. The highest BCUT2D eigenvalue weighted by Crippen LogP contribution is 2.28. The van der Waals surface area contributed by atoms with Crippen LogP contribution >= 0.6 is 34.8 Å². The van der Waals surface area contributed by atoms with E-state index in [1.165, 1.54) is 25.7 Å². The molecule has 1 aliphatic rings. The summed E-state index contributed by atoms with van der Waals surface area (Å²) in [5, 5.41) is 4.36. The number of likely N-dealkylation sites (N-methyl/N-ethyl adjacent to an activating group) is 1. The van der Waals surface area contributed by atoms with Crippen molar-refractivity contribution in [2.24, 2.45) is 0 Å². The highest BCUT2D eigenvalue weighted by Gasteiger charge is 2.18. The molecule has 1 N–H and O–H groups in total. The molecule has 1 heterocycles. The Kier molecular flexibility index (Phi) is 5.58. The predicted molar refractivity (Wildman–Crippen MR) is 82.6 cm³/mol. The fourth-order valence-electron chi connectivity index (χ4n) is 2.45. The number of hydrogen-bond donors (Lipinski definition) is 1. The first kappa shape index (κ1) is 15.2. The molecule has 0 amide bonds. The van der Waals surface area contributed by atoms with Gasteiger partial charge in [-0.3, -0.25) is 0 Å². The van der Waals surface area contributed by atoms with Gasteiger partial charge in [0, 0.05) is 19.1 Å². The van der Waals surface area contributed by atoms with Crippen LogP contribution in [0.5, 0.6) is 0 Å². The van der Waals surface area contributed by atoms with Crippen molar-refractivity contribution in [2.45, 2.75) is 31.7 Å². The summed E-state index contributed by atoms with van der Waals surface area (Å²) in [5.41, 5.74) is 0. The minimum atomic E-state index is 0.276. The van der Waals surface area contributed by atoms with E-state index in [0.29, 0.717) is 15.9 Å². The van der Waals surface area contributed by atoms with E-state index >= 15 is 0 Å². The molecule has 0 bridgehead atoms. The van der Waals surface area contributed by atoms with Crippen LogP contribution in [0.1, 0.15) is 25.7 Å². The van der Waals surface area contributed by atoms with Gasteiger partial charge < -0.3 is 10.2 Å². The second-order valence-corrected chi connectivity index (χ2v) is 6.11. The monoisotopic (exact) mass is 321 g/mol. The van der Waals surface area contributed by atoms with Crippen LogP contribution in [0.25, 0.3) is 0 Å². The van der Waals surface area contributed by atoms with Crippen molar-refractivity contribution in [3.63, 3.8) is 0 Å². The lowest BCUT2D eigenvalue weighted by atomic mass is 10.2. The van der Waals surface area contributed by atoms with Crippen LogP contribution in [0.2, 0.25) is 15.2 Å². The summed E-state index contributed by atoms with van der Waals surface area (Å²) in [4.78, 5) is 6.53. The fraction of sp³-hybridized carbons (Fsp3) is 0.615. The standard InChI is InChI=1S/C13H18Cl3N3/c1-19(9-4-2-3-5-9)7-6-17-13-11(15)8-10(14)12(16)18-13/h8-9H,2-7H2,1H3,(H,17,18). The summed E-state index contributed by atoms with van der Waals surface area (Å²) in [7, 11) is 2.17. The summed E-state index contributed by atoms with van der Waals surface area (Å²) in [6, 6.07) is 2.33. The van der Waals surface area contributed by atoms with Crippen molar-refractivity contribution < 1.29 is 0 Å². The van der Waals surface area contributed by atoms with Gasteiger partial charge in [0.2, 0.25) is 0 Å². The summed E-state index contributed by atoms with van der Waals surface area (Å²) in [5.74, 6) is 0.593. The van der Waals surface area contributed by atoms with Gasteiger partial charge in [0.1, 0.15) is 11.0 Å². The molecule has 6 heteroatoms. The molecule has 0 atom stereocenters. The van der Waals surface area contributed by atoms with Gasteiger partial charge in [0.05, 0.1) is 10.0 Å². The topological polar surface area (TPSA) is 28.2 Å². The number of anilines is 1. The molecule has 0 spiro atoms. The van der Waals surface area contributed by atoms with Crippen LogP contribution in [0.3, 0.4) is 0 Å². The third-order valence-corrected chi connectivity index (χ3v) is 4.55. The number of pyridine rings is 1. The quantitative estimate of drug-likeness (QED) is 0.818. The van der Waals surface area contributed by atoms with Gasteiger partial charge in [-0.05, 0) is 26.0 Å². The molecule has 19 heavy (non-hydrogen) atoms. The Balaban J connectivity index is 1.83. The van der Waals surface area contributed by atoms with Crippen molar-refractivity contribution in [3.8, 4) is 0 Å². The zero-order chi connectivity index (χ0) is 13.8. The van der Waals surface area contributed by atoms with Crippen LogP contribution in [-0.4, -0.2) is 36.1 Å². The summed E-state index contributed by atoms with van der Waals surface area (Å²) in [6.07, 6.45) is 5.32. The Labute approximate surface area is 129 Å². The van der Waals surface area contributed by atoms with Crippen molar-refractivity contribution >= 4 is 40.6 Å². The molecule has 1 aliphatic carbocycles. The molecule has 0 aromatic carbocycles. The molecule has 0 radical (unpaired) electrons. The third-order valence-electron chi connectivity index (χ3n) is 3.59. The van der Waals surface area contributed by atoms with E-state index in [1.807, 2.05) is 0 Å². The van der Waals surface area contributed by atoms with Gasteiger partial charge in [0.15, 0.2) is 0 Å². The third kappa shape index (κ3) is 4.12. The Morgan fingerprint density at radius 1 is 1.26 bits per heavy atom. The largest absolute Gasteiger partial charge is 0.367 e. The number of aromatic nitrogens is 1. The van der Waals surface area contributed by atoms with Crippen LogP contribution in [0, 0.1) is 0 Å². The molecule has 0 saturated heterocycles. The van der Waals surface area contributed by atoms with Gasteiger partial charge in [-0.1, -0.05) is 47.6 Å². The number of halogens is 3. The van der Waals surface area contributed by atoms with E-state index in [2.05, 4.69) is 22.2 Å². The average molecular weight is 323 g/mol. The van der Waals surface area contributed by atoms with E-state index in [4.69, 9.17) is 34.8 Å². The Morgan fingerprint density at radius 2 is 1.95 bits per heavy atom. The van der Waals surface area contributed by atoms with E-state index in [0.717, 1.165) is 19.1 Å². The zero-order valence-electron chi connectivity index (χ0n) is 10.9. The molecular formula is C13H18Cl3N3. The predicted octanol–water partition coefficient (Wildman–Crippen LogP) is 4.33. The SMILES string of the molecule is CN(CCNc1nc(Cl)c(Cl)cc1Cl)C1CCCC1. The minimum absolute atomic E-state index is 0.276. The molecule has 3 nitrogen and oxygen atoms in total. The minimum Gasteiger partial charge on any atom is -0.367 e. The molecule has 1 saturated carbocycles. The van der Waals surface area contributed by atoms with Gasteiger partial charge in [-0.2, -0.15) is 0 Å². The molecular weight excluding hydrogens is 305 g/mol. The maximum atomic E-state index is 6.06. The lowest BCUT2D eigenvalue weighted by molar-refractivity contribution is 0.254. The van der Waals surface area contributed by atoms with Crippen molar-refractivity contribution in [2.75, 3.05) is 25.5 Å². The maximum absolute atomic E-state index is 6.06. The second kappa shape index (κ2) is 6.98. The van der Waals surface area contributed by atoms with Gasteiger partial charge >= 0.3 is 0 Å². The summed E-state index contributed by atoms with van der Waals surface area (Å²) < 4.78 is 0. The highest BCUT2D eigenvalue weighted by molar-refractivity contribution is 6.42. The molecule has 1 aromatic rings. The highest BCUT2D eigenvalue weighted by atomic mass is 35.5.